The van der Waals surface area contributed by atoms with Crippen LogP contribution in [0.4, 0.5) is 0 Å². The van der Waals surface area contributed by atoms with Crippen molar-refractivity contribution in [1.82, 2.24) is 14.7 Å². The summed E-state index contributed by atoms with van der Waals surface area (Å²) < 4.78 is 1.53. The van der Waals surface area contributed by atoms with Crippen molar-refractivity contribution in [3.63, 3.8) is 0 Å². The fourth-order valence-corrected chi connectivity index (χ4v) is 2.18. The number of nitrogens with zero attached hydrogens (tertiary/aromatic N) is 3. The van der Waals surface area contributed by atoms with Gasteiger partial charge in [0.2, 0.25) is 0 Å². The quantitative estimate of drug-likeness (QED) is 0.812. The van der Waals surface area contributed by atoms with Crippen LogP contribution in [0.25, 0.3) is 0 Å². The third-order valence-corrected chi connectivity index (χ3v) is 3.28. The van der Waals surface area contributed by atoms with Gasteiger partial charge in [0.25, 0.3) is 5.91 Å². The fraction of sp³-hybridized carbons (Fsp3) is 0.545. The third kappa shape index (κ3) is 1.79. The Hall–Kier alpha value is -1.85. The summed E-state index contributed by atoms with van der Waals surface area (Å²) in [5.74, 6) is -1.27. The SMILES string of the molecule is Cn1ccc(C(=O)N2CCCC2(C)C(=O)O)n1. The van der Waals surface area contributed by atoms with Gasteiger partial charge in [-0.1, -0.05) is 0 Å². The number of aliphatic carboxylic acids is 1. The smallest absolute Gasteiger partial charge is 0.329 e. The fourth-order valence-electron chi connectivity index (χ4n) is 2.18. The number of aryl methyl sites for hydroxylation is 1. The molecule has 1 amide bonds. The predicted octanol–water partition coefficient (Wildman–Crippen LogP) is 0.499. The number of aromatic nitrogens is 2. The first-order valence-corrected chi connectivity index (χ1v) is 5.50. The highest BCUT2D eigenvalue weighted by atomic mass is 16.4. The Morgan fingerprint density at radius 2 is 2.24 bits per heavy atom. The summed E-state index contributed by atoms with van der Waals surface area (Å²) in [4.78, 5) is 24.8. The van der Waals surface area contributed by atoms with E-state index >= 15 is 0 Å². The van der Waals surface area contributed by atoms with E-state index in [9.17, 15) is 14.7 Å². The zero-order valence-corrected chi connectivity index (χ0v) is 9.88. The first-order valence-electron chi connectivity index (χ1n) is 5.50. The molecule has 0 spiro atoms. The zero-order valence-electron chi connectivity index (χ0n) is 9.88. The molecule has 2 heterocycles. The number of hydrogen-bond acceptors (Lipinski definition) is 3. The molecule has 0 aromatic carbocycles. The minimum absolute atomic E-state index is 0.293. The number of carboxylic acid groups (broad SMARTS) is 1. The Morgan fingerprint density at radius 1 is 1.53 bits per heavy atom. The molecule has 92 valence electrons. The van der Waals surface area contributed by atoms with Gasteiger partial charge >= 0.3 is 5.97 Å². The van der Waals surface area contributed by atoms with E-state index in [1.165, 1.54) is 9.58 Å². The van der Waals surface area contributed by atoms with Crippen LogP contribution < -0.4 is 0 Å². The Kier molecular flexibility index (Phi) is 2.65. The summed E-state index contributed by atoms with van der Waals surface area (Å²) in [6, 6.07) is 1.60. The summed E-state index contributed by atoms with van der Waals surface area (Å²) in [5.41, 5.74) is -0.809. The molecule has 1 aromatic rings. The summed E-state index contributed by atoms with van der Waals surface area (Å²) in [5, 5.41) is 13.2. The summed E-state index contributed by atoms with van der Waals surface area (Å²) >= 11 is 0. The van der Waals surface area contributed by atoms with E-state index in [1.807, 2.05) is 0 Å². The van der Waals surface area contributed by atoms with Gasteiger partial charge in [-0.25, -0.2) is 4.79 Å². The van der Waals surface area contributed by atoms with E-state index in [0.717, 1.165) is 0 Å². The molecule has 0 saturated carbocycles. The average Bonchev–Trinajstić information content (AvgIpc) is 2.85. The largest absolute Gasteiger partial charge is 0.480 e. The third-order valence-electron chi connectivity index (χ3n) is 3.28. The van der Waals surface area contributed by atoms with Crippen molar-refractivity contribution >= 4 is 11.9 Å². The second-order valence-electron chi connectivity index (χ2n) is 4.51. The van der Waals surface area contributed by atoms with Gasteiger partial charge < -0.3 is 10.0 Å². The highest BCUT2D eigenvalue weighted by Crippen LogP contribution is 2.30. The minimum Gasteiger partial charge on any atom is -0.480 e. The molecule has 0 radical (unpaired) electrons. The van der Waals surface area contributed by atoms with Crippen LogP contribution in [-0.2, 0) is 11.8 Å². The number of carbonyl (C=O) groups excluding carboxylic acids is 1. The van der Waals surface area contributed by atoms with Gasteiger partial charge in [0, 0.05) is 19.8 Å². The number of carbonyl (C=O) groups is 2. The van der Waals surface area contributed by atoms with Crippen molar-refractivity contribution in [3.05, 3.63) is 18.0 Å². The van der Waals surface area contributed by atoms with Gasteiger partial charge in [-0.05, 0) is 25.8 Å². The first kappa shape index (κ1) is 11.6. The van der Waals surface area contributed by atoms with Gasteiger partial charge in [0.1, 0.15) is 11.2 Å². The van der Waals surface area contributed by atoms with E-state index in [2.05, 4.69) is 5.10 Å². The molecule has 1 saturated heterocycles. The summed E-state index contributed by atoms with van der Waals surface area (Å²) in [6.45, 7) is 2.06. The lowest BCUT2D eigenvalue weighted by atomic mass is 9.99. The summed E-state index contributed by atoms with van der Waals surface area (Å²) in [6.07, 6.45) is 2.86. The molecular weight excluding hydrogens is 222 g/mol. The Bertz CT molecular complexity index is 468. The summed E-state index contributed by atoms with van der Waals surface area (Å²) in [7, 11) is 1.72. The Labute approximate surface area is 98.8 Å². The van der Waals surface area contributed by atoms with Crippen LogP contribution in [-0.4, -0.2) is 43.7 Å². The first-order chi connectivity index (χ1) is 7.95. The second kappa shape index (κ2) is 3.87. The van der Waals surface area contributed by atoms with E-state index < -0.39 is 11.5 Å². The molecule has 6 nitrogen and oxygen atoms in total. The number of rotatable bonds is 2. The lowest BCUT2D eigenvalue weighted by molar-refractivity contribution is -0.147. The van der Waals surface area contributed by atoms with E-state index in [1.54, 1.807) is 26.2 Å². The van der Waals surface area contributed by atoms with Crippen molar-refractivity contribution in [2.45, 2.75) is 25.3 Å². The Morgan fingerprint density at radius 3 is 2.76 bits per heavy atom. The van der Waals surface area contributed by atoms with Crippen molar-refractivity contribution < 1.29 is 14.7 Å². The number of likely N-dealkylation sites (tertiary alicyclic amines) is 1. The standard InChI is InChI=1S/C11H15N3O3/c1-11(10(16)17)5-3-6-14(11)9(15)8-4-7-13(2)12-8/h4,7H,3,5-6H2,1-2H3,(H,16,17). The number of carboxylic acids is 1. The molecule has 0 bridgehead atoms. The van der Waals surface area contributed by atoms with Gasteiger partial charge in [-0.2, -0.15) is 5.10 Å². The molecule has 1 atom stereocenters. The maximum atomic E-state index is 12.2. The molecule has 0 aliphatic carbocycles. The van der Waals surface area contributed by atoms with Gasteiger partial charge in [-0.15, -0.1) is 0 Å². The maximum Gasteiger partial charge on any atom is 0.329 e. The van der Waals surface area contributed by atoms with Gasteiger partial charge in [0.15, 0.2) is 0 Å². The normalized spacial score (nSPS) is 24.0. The van der Waals surface area contributed by atoms with E-state index in [-0.39, 0.29) is 5.91 Å². The van der Waals surface area contributed by atoms with Crippen LogP contribution in [0.5, 0.6) is 0 Å². The van der Waals surface area contributed by atoms with Crippen LogP contribution >= 0.6 is 0 Å². The van der Waals surface area contributed by atoms with E-state index in [0.29, 0.717) is 25.1 Å². The number of hydrogen-bond donors (Lipinski definition) is 1. The molecular formula is C11H15N3O3. The van der Waals surface area contributed by atoms with Crippen molar-refractivity contribution in [2.75, 3.05) is 6.54 Å². The average molecular weight is 237 g/mol. The minimum atomic E-state index is -1.10. The highest BCUT2D eigenvalue weighted by molar-refractivity contribution is 5.96. The molecule has 6 heteroatoms. The molecule has 1 aliphatic heterocycles. The highest BCUT2D eigenvalue weighted by Gasteiger charge is 2.46. The monoisotopic (exact) mass is 237 g/mol. The maximum absolute atomic E-state index is 12.2. The van der Waals surface area contributed by atoms with Crippen LogP contribution in [0.2, 0.25) is 0 Å². The van der Waals surface area contributed by atoms with E-state index in [4.69, 9.17) is 0 Å². The lowest BCUT2D eigenvalue weighted by Crippen LogP contribution is -2.50. The van der Waals surface area contributed by atoms with Crippen molar-refractivity contribution in [1.29, 1.82) is 0 Å². The van der Waals surface area contributed by atoms with Gasteiger partial charge in [-0.3, -0.25) is 9.48 Å². The predicted molar refractivity (Wildman–Crippen MR) is 59.5 cm³/mol. The van der Waals surface area contributed by atoms with Crippen LogP contribution in [0.1, 0.15) is 30.3 Å². The molecule has 1 unspecified atom stereocenters. The van der Waals surface area contributed by atoms with Crippen molar-refractivity contribution in [3.8, 4) is 0 Å². The lowest BCUT2D eigenvalue weighted by Gasteiger charge is -2.30. The van der Waals surface area contributed by atoms with Crippen LogP contribution in [0.15, 0.2) is 12.3 Å². The molecule has 1 aliphatic rings. The van der Waals surface area contributed by atoms with Crippen LogP contribution in [0.3, 0.4) is 0 Å². The molecule has 1 N–H and O–H groups in total. The molecule has 17 heavy (non-hydrogen) atoms. The van der Waals surface area contributed by atoms with Crippen molar-refractivity contribution in [2.24, 2.45) is 7.05 Å². The Balaban J connectivity index is 2.28. The zero-order chi connectivity index (χ0) is 12.6. The molecule has 1 fully saturated rings. The topological polar surface area (TPSA) is 75.4 Å². The molecule has 2 rings (SSSR count). The number of amides is 1. The molecule has 1 aromatic heterocycles. The van der Waals surface area contributed by atoms with Crippen LogP contribution in [0, 0.1) is 0 Å². The van der Waals surface area contributed by atoms with Gasteiger partial charge in [0.05, 0.1) is 0 Å². The second-order valence-corrected chi connectivity index (χ2v) is 4.51.